The molecular weight excluding hydrogens is 292 g/mol. The number of aromatic carboxylic acids is 1. The first kappa shape index (κ1) is 13.5. The van der Waals surface area contributed by atoms with Gasteiger partial charge >= 0.3 is 5.97 Å². The third-order valence-corrected chi connectivity index (χ3v) is 3.27. The zero-order valence-electron chi connectivity index (χ0n) is 10.9. The molecule has 106 valence electrons. The van der Waals surface area contributed by atoms with Gasteiger partial charge in [0.05, 0.1) is 11.9 Å². The Hall–Kier alpha value is -2.53. The van der Waals surface area contributed by atoms with E-state index in [1.165, 1.54) is 6.07 Å². The van der Waals surface area contributed by atoms with Crippen molar-refractivity contribution in [3.05, 3.63) is 65.1 Å². The number of halogens is 1. The topological polar surface area (TPSA) is 63.8 Å². The first-order valence-corrected chi connectivity index (χ1v) is 6.60. The van der Waals surface area contributed by atoms with Crippen molar-refractivity contribution in [3.8, 4) is 5.75 Å². The fourth-order valence-electron chi connectivity index (χ4n) is 2.06. The van der Waals surface area contributed by atoms with E-state index in [2.05, 4.69) is 4.98 Å². The highest BCUT2D eigenvalue weighted by Crippen LogP contribution is 2.18. The van der Waals surface area contributed by atoms with Gasteiger partial charge in [0.25, 0.3) is 0 Å². The fourth-order valence-corrected chi connectivity index (χ4v) is 2.18. The number of benzene rings is 1. The lowest BCUT2D eigenvalue weighted by molar-refractivity contribution is 0.0688. The van der Waals surface area contributed by atoms with Gasteiger partial charge in [-0.3, -0.25) is 4.40 Å². The van der Waals surface area contributed by atoms with Crippen LogP contribution in [0.4, 0.5) is 0 Å². The zero-order valence-corrected chi connectivity index (χ0v) is 11.6. The first-order valence-electron chi connectivity index (χ1n) is 6.22. The molecule has 3 aromatic rings. The molecule has 0 saturated heterocycles. The number of hydrogen-bond donors (Lipinski definition) is 1. The van der Waals surface area contributed by atoms with Crippen LogP contribution < -0.4 is 4.74 Å². The quantitative estimate of drug-likeness (QED) is 0.803. The summed E-state index contributed by atoms with van der Waals surface area (Å²) in [6.07, 6.45) is 1.61. The van der Waals surface area contributed by atoms with Crippen molar-refractivity contribution in [2.24, 2.45) is 0 Å². The molecule has 2 heterocycles. The average Bonchev–Trinajstić information content (AvgIpc) is 2.90. The van der Waals surface area contributed by atoms with Crippen LogP contribution in [0.5, 0.6) is 5.75 Å². The summed E-state index contributed by atoms with van der Waals surface area (Å²) in [5, 5.41) is 9.87. The summed E-state index contributed by atoms with van der Waals surface area (Å²) in [6.45, 7) is 0.215. The Morgan fingerprint density at radius 1 is 1.24 bits per heavy atom. The van der Waals surface area contributed by atoms with Gasteiger partial charge in [-0.25, -0.2) is 9.78 Å². The van der Waals surface area contributed by atoms with Crippen LogP contribution in [0.1, 0.15) is 16.2 Å². The maximum atomic E-state index is 11.3. The summed E-state index contributed by atoms with van der Waals surface area (Å²) < 4.78 is 7.20. The highest BCUT2D eigenvalue weighted by Gasteiger charge is 2.12. The Morgan fingerprint density at radius 3 is 2.71 bits per heavy atom. The molecule has 0 fully saturated rings. The molecule has 0 aliphatic heterocycles. The van der Waals surface area contributed by atoms with E-state index in [4.69, 9.17) is 16.3 Å². The second-order valence-corrected chi connectivity index (χ2v) is 4.84. The molecule has 0 amide bonds. The van der Waals surface area contributed by atoms with Gasteiger partial charge in [0.1, 0.15) is 23.7 Å². The SMILES string of the molecule is O=C(O)c1cccc2ncc(COc3ccc(Cl)cc3)n12. The molecule has 0 unspecified atom stereocenters. The lowest BCUT2D eigenvalue weighted by Gasteiger charge is -2.08. The zero-order chi connectivity index (χ0) is 14.8. The van der Waals surface area contributed by atoms with Crippen LogP contribution in [-0.4, -0.2) is 20.5 Å². The van der Waals surface area contributed by atoms with Crippen LogP contribution in [0.3, 0.4) is 0 Å². The lowest BCUT2D eigenvalue weighted by atomic mass is 10.3. The average molecular weight is 303 g/mol. The van der Waals surface area contributed by atoms with Crippen molar-refractivity contribution < 1.29 is 14.6 Å². The minimum absolute atomic E-state index is 0.153. The number of imidazole rings is 1. The highest BCUT2D eigenvalue weighted by molar-refractivity contribution is 6.30. The molecule has 21 heavy (non-hydrogen) atoms. The molecular formula is C15H11ClN2O3. The summed E-state index contributed by atoms with van der Waals surface area (Å²) in [6, 6.07) is 11.9. The fraction of sp³-hybridized carbons (Fsp3) is 0.0667. The summed E-state index contributed by atoms with van der Waals surface area (Å²) in [5.41, 5.74) is 1.39. The summed E-state index contributed by atoms with van der Waals surface area (Å²) in [7, 11) is 0. The molecule has 0 atom stereocenters. The molecule has 3 rings (SSSR count). The minimum Gasteiger partial charge on any atom is -0.487 e. The van der Waals surface area contributed by atoms with Crippen molar-refractivity contribution in [2.75, 3.05) is 0 Å². The van der Waals surface area contributed by atoms with Gasteiger partial charge in [-0.1, -0.05) is 17.7 Å². The first-order chi connectivity index (χ1) is 10.1. The van der Waals surface area contributed by atoms with Gasteiger partial charge in [0, 0.05) is 5.02 Å². The third kappa shape index (κ3) is 2.68. The maximum Gasteiger partial charge on any atom is 0.352 e. The van der Waals surface area contributed by atoms with Gasteiger partial charge < -0.3 is 9.84 Å². The lowest BCUT2D eigenvalue weighted by Crippen LogP contribution is -2.08. The molecule has 0 spiro atoms. The summed E-state index contributed by atoms with van der Waals surface area (Å²) in [4.78, 5) is 15.5. The molecule has 0 aliphatic rings. The van der Waals surface area contributed by atoms with E-state index < -0.39 is 5.97 Å². The minimum atomic E-state index is -1.01. The van der Waals surface area contributed by atoms with E-state index >= 15 is 0 Å². The van der Waals surface area contributed by atoms with E-state index in [0.29, 0.717) is 22.1 Å². The summed E-state index contributed by atoms with van der Waals surface area (Å²) >= 11 is 5.81. The van der Waals surface area contributed by atoms with Gasteiger partial charge in [-0.2, -0.15) is 0 Å². The number of hydrogen-bond acceptors (Lipinski definition) is 3. The van der Waals surface area contributed by atoms with Crippen molar-refractivity contribution in [2.45, 2.75) is 6.61 Å². The third-order valence-electron chi connectivity index (χ3n) is 3.02. The smallest absolute Gasteiger partial charge is 0.352 e. The van der Waals surface area contributed by atoms with Crippen LogP contribution in [0.25, 0.3) is 5.65 Å². The molecule has 0 aliphatic carbocycles. The number of pyridine rings is 1. The van der Waals surface area contributed by atoms with Gasteiger partial charge in [-0.15, -0.1) is 0 Å². The largest absolute Gasteiger partial charge is 0.487 e. The Morgan fingerprint density at radius 2 is 2.00 bits per heavy atom. The van der Waals surface area contributed by atoms with E-state index in [0.717, 1.165) is 0 Å². The maximum absolute atomic E-state index is 11.3. The number of carboxylic acids is 1. The Kier molecular flexibility index (Phi) is 3.50. The summed E-state index contributed by atoms with van der Waals surface area (Å²) in [5.74, 6) is -0.353. The van der Waals surface area contributed by atoms with Crippen LogP contribution in [0.2, 0.25) is 5.02 Å². The van der Waals surface area contributed by atoms with E-state index in [1.807, 2.05) is 0 Å². The number of carbonyl (C=O) groups is 1. The van der Waals surface area contributed by atoms with E-state index in [-0.39, 0.29) is 12.3 Å². The highest BCUT2D eigenvalue weighted by atomic mass is 35.5. The molecule has 1 N–H and O–H groups in total. The molecule has 0 bridgehead atoms. The molecule has 0 saturated carbocycles. The number of fused-ring (bicyclic) bond motifs is 1. The molecule has 6 heteroatoms. The van der Waals surface area contributed by atoms with Crippen LogP contribution in [0, 0.1) is 0 Å². The number of ether oxygens (including phenoxy) is 1. The molecule has 2 aromatic heterocycles. The molecule has 5 nitrogen and oxygen atoms in total. The van der Waals surface area contributed by atoms with Crippen molar-refractivity contribution in [1.82, 2.24) is 9.38 Å². The second kappa shape index (κ2) is 5.46. The van der Waals surface area contributed by atoms with Crippen LogP contribution in [0.15, 0.2) is 48.7 Å². The van der Waals surface area contributed by atoms with Gasteiger partial charge in [0.2, 0.25) is 0 Å². The van der Waals surface area contributed by atoms with Crippen LogP contribution in [-0.2, 0) is 6.61 Å². The standard InChI is InChI=1S/C15H11ClN2O3/c16-10-4-6-12(7-5-10)21-9-11-8-17-14-3-1-2-13(15(19)20)18(11)14/h1-8H,9H2,(H,19,20). The van der Waals surface area contributed by atoms with Gasteiger partial charge in [-0.05, 0) is 36.4 Å². The Labute approximate surface area is 125 Å². The predicted octanol–water partition coefficient (Wildman–Crippen LogP) is 3.26. The van der Waals surface area contributed by atoms with E-state index in [1.54, 1.807) is 47.0 Å². The predicted molar refractivity (Wildman–Crippen MR) is 77.9 cm³/mol. The Bertz CT molecular complexity index is 796. The molecule has 1 aromatic carbocycles. The van der Waals surface area contributed by atoms with E-state index in [9.17, 15) is 9.90 Å². The van der Waals surface area contributed by atoms with Crippen molar-refractivity contribution in [1.29, 1.82) is 0 Å². The number of nitrogens with zero attached hydrogens (tertiary/aromatic N) is 2. The van der Waals surface area contributed by atoms with Crippen molar-refractivity contribution >= 4 is 23.2 Å². The van der Waals surface area contributed by atoms with Crippen molar-refractivity contribution in [3.63, 3.8) is 0 Å². The molecule has 0 radical (unpaired) electrons. The normalized spacial score (nSPS) is 10.7. The monoisotopic (exact) mass is 302 g/mol. The number of aromatic nitrogens is 2. The second-order valence-electron chi connectivity index (χ2n) is 4.40. The number of rotatable bonds is 4. The Balaban J connectivity index is 1.90. The van der Waals surface area contributed by atoms with Gasteiger partial charge in [0.15, 0.2) is 0 Å². The van der Waals surface area contributed by atoms with Crippen LogP contribution >= 0.6 is 11.6 Å². The number of carboxylic acid groups (broad SMARTS) is 1.